The summed E-state index contributed by atoms with van der Waals surface area (Å²) in [6, 6.07) is 7.44. The number of aliphatic hydroxyl groups is 1. The number of aromatic nitrogens is 2. The molecule has 1 heterocycles. The molecule has 0 amide bonds. The number of rotatable bonds is 6. The third kappa shape index (κ3) is 3.14. The molecule has 1 N–H and O–H groups in total. The summed E-state index contributed by atoms with van der Waals surface area (Å²) in [5, 5.41) is 15.1. The lowest BCUT2D eigenvalue weighted by Crippen LogP contribution is -2.09. The second-order valence-electron chi connectivity index (χ2n) is 4.52. The number of benzene rings is 1. The number of ether oxygens (including phenoxy) is 1. The Morgan fingerprint density at radius 3 is 2.90 bits per heavy atom. The van der Waals surface area contributed by atoms with E-state index < -0.39 is 6.10 Å². The zero-order chi connectivity index (χ0) is 14.5. The minimum atomic E-state index is -0.810. The van der Waals surface area contributed by atoms with Crippen LogP contribution < -0.4 is 4.74 Å². The van der Waals surface area contributed by atoms with Gasteiger partial charge < -0.3 is 9.84 Å². The number of halogens is 1. The number of aryl methyl sites for hydroxylation is 1. The van der Waals surface area contributed by atoms with E-state index >= 15 is 0 Å². The molecule has 0 radical (unpaired) electrons. The van der Waals surface area contributed by atoms with Crippen LogP contribution in [0.3, 0.4) is 0 Å². The minimum Gasteiger partial charge on any atom is -0.494 e. The highest BCUT2D eigenvalue weighted by molar-refractivity contribution is 6.31. The third-order valence-electron chi connectivity index (χ3n) is 3.04. The van der Waals surface area contributed by atoms with Gasteiger partial charge in [0.05, 0.1) is 23.5 Å². The topological polar surface area (TPSA) is 47.3 Å². The molecule has 0 saturated heterocycles. The van der Waals surface area contributed by atoms with Crippen LogP contribution in [0.25, 0.3) is 0 Å². The van der Waals surface area contributed by atoms with E-state index in [1.54, 1.807) is 10.9 Å². The van der Waals surface area contributed by atoms with Gasteiger partial charge >= 0.3 is 0 Å². The molecule has 108 valence electrons. The Morgan fingerprint density at radius 2 is 2.20 bits per heavy atom. The lowest BCUT2D eigenvalue weighted by molar-refractivity contribution is 0.207. The van der Waals surface area contributed by atoms with Crippen molar-refractivity contribution in [3.8, 4) is 5.75 Å². The highest BCUT2D eigenvalue weighted by atomic mass is 35.5. The van der Waals surface area contributed by atoms with Crippen LogP contribution in [-0.4, -0.2) is 21.5 Å². The van der Waals surface area contributed by atoms with Crippen molar-refractivity contribution in [1.82, 2.24) is 9.78 Å². The predicted molar refractivity (Wildman–Crippen MR) is 79.2 cm³/mol. The van der Waals surface area contributed by atoms with Crippen molar-refractivity contribution in [1.29, 1.82) is 0 Å². The van der Waals surface area contributed by atoms with Gasteiger partial charge in [-0.1, -0.05) is 30.7 Å². The molecule has 0 fully saturated rings. The average Bonchev–Trinajstić information content (AvgIpc) is 2.85. The molecule has 1 atom stereocenters. The van der Waals surface area contributed by atoms with Gasteiger partial charge in [-0.25, -0.2) is 0 Å². The Labute approximate surface area is 123 Å². The molecule has 2 rings (SSSR count). The molecule has 4 nitrogen and oxygen atoms in total. The van der Waals surface area contributed by atoms with Crippen LogP contribution in [0.2, 0.25) is 5.02 Å². The van der Waals surface area contributed by atoms with E-state index in [1.165, 1.54) is 0 Å². The minimum absolute atomic E-state index is 0.472. The molecule has 0 bridgehead atoms. The fourth-order valence-electron chi connectivity index (χ4n) is 2.05. The fraction of sp³-hybridized carbons (Fsp3) is 0.400. The molecule has 2 aromatic rings. The Hall–Kier alpha value is -1.52. The SMILES string of the molecule is CCCOc1cccc(C(O)c2c(Cl)cnn2CC)c1. The quantitative estimate of drug-likeness (QED) is 0.888. The molecule has 1 aromatic carbocycles. The first kappa shape index (κ1) is 14.9. The summed E-state index contributed by atoms with van der Waals surface area (Å²) in [6.45, 7) is 5.33. The van der Waals surface area contributed by atoms with Gasteiger partial charge in [0.1, 0.15) is 11.9 Å². The Bertz CT molecular complexity index is 569. The van der Waals surface area contributed by atoms with E-state index in [0.29, 0.717) is 23.9 Å². The second kappa shape index (κ2) is 6.77. The summed E-state index contributed by atoms with van der Waals surface area (Å²) < 4.78 is 7.28. The predicted octanol–water partition coefficient (Wildman–Crippen LogP) is 3.43. The van der Waals surface area contributed by atoms with Crippen LogP contribution in [0.1, 0.15) is 37.6 Å². The van der Waals surface area contributed by atoms with Crippen LogP contribution >= 0.6 is 11.6 Å². The van der Waals surface area contributed by atoms with Gasteiger partial charge in [0, 0.05) is 6.54 Å². The van der Waals surface area contributed by atoms with Crippen LogP contribution in [0.5, 0.6) is 5.75 Å². The van der Waals surface area contributed by atoms with Gasteiger partial charge in [0.25, 0.3) is 0 Å². The van der Waals surface area contributed by atoms with Crippen LogP contribution in [0.15, 0.2) is 30.5 Å². The van der Waals surface area contributed by atoms with E-state index in [0.717, 1.165) is 17.7 Å². The van der Waals surface area contributed by atoms with E-state index in [9.17, 15) is 5.11 Å². The number of hydrogen-bond donors (Lipinski definition) is 1. The monoisotopic (exact) mass is 294 g/mol. The molecular formula is C15H19ClN2O2. The van der Waals surface area contributed by atoms with Crippen molar-refractivity contribution in [2.24, 2.45) is 0 Å². The molecule has 0 aliphatic rings. The number of aliphatic hydroxyl groups excluding tert-OH is 1. The maximum atomic E-state index is 10.5. The maximum absolute atomic E-state index is 10.5. The van der Waals surface area contributed by atoms with E-state index in [-0.39, 0.29) is 0 Å². The number of hydrogen-bond acceptors (Lipinski definition) is 3. The third-order valence-corrected chi connectivity index (χ3v) is 3.33. The summed E-state index contributed by atoms with van der Waals surface area (Å²) in [4.78, 5) is 0. The lowest BCUT2D eigenvalue weighted by atomic mass is 10.1. The molecule has 20 heavy (non-hydrogen) atoms. The molecular weight excluding hydrogens is 276 g/mol. The zero-order valence-corrected chi connectivity index (χ0v) is 12.5. The van der Waals surface area contributed by atoms with Gasteiger partial charge in [-0.15, -0.1) is 0 Å². The van der Waals surface area contributed by atoms with E-state index in [4.69, 9.17) is 16.3 Å². The van der Waals surface area contributed by atoms with Crippen LogP contribution in [-0.2, 0) is 6.54 Å². The first-order valence-corrected chi connectivity index (χ1v) is 7.17. The Balaban J connectivity index is 2.28. The Kier molecular flexibility index (Phi) is 5.04. The second-order valence-corrected chi connectivity index (χ2v) is 4.92. The van der Waals surface area contributed by atoms with Crippen molar-refractivity contribution >= 4 is 11.6 Å². The summed E-state index contributed by atoms with van der Waals surface area (Å²) in [5.74, 6) is 0.752. The van der Waals surface area contributed by atoms with Crippen molar-refractivity contribution in [2.45, 2.75) is 32.9 Å². The highest BCUT2D eigenvalue weighted by Gasteiger charge is 2.19. The van der Waals surface area contributed by atoms with Gasteiger partial charge in [0.15, 0.2) is 0 Å². The zero-order valence-electron chi connectivity index (χ0n) is 11.7. The van der Waals surface area contributed by atoms with Crippen LogP contribution in [0.4, 0.5) is 0 Å². The van der Waals surface area contributed by atoms with Gasteiger partial charge in [0.2, 0.25) is 0 Å². The van der Waals surface area contributed by atoms with Crippen molar-refractivity contribution < 1.29 is 9.84 Å². The van der Waals surface area contributed by atoms with Crippen molar-refractivity contribution in [2.75, 3.05) is 6.61 Å². The van der Waals surface area contributed by atoms with Crippen molar-refractivity contribution in [3.05, 3.63) is 46.7 Å². The first-order valence-electron chi connectivity index (χ1n) is 6.79. The Morgan fingerprint density at radius 1 is 1.40 bits per heavy atom. The van der Waals surface area contributed by atoms with Gasteiger partial charge in [-0.05, 0) is 31.0 Å². The summed E-state index contributed by atoms with van der Waals surface area (Å²) in [7, 11) is 0. The fourth-order valence-corrected chi connectivity index (χ4v) is 2.29. The molecule has 0 saturated carbocycles. The van der Waals surface area contributed by atoms with E-state index in [1.807, 2.05) is 31.2 Å². The van der Waals surface area contributed by atoms with Crippen molar-refractivity contribution in [3.63, 3.8) is 0 Å². The lowest BCUT2D eigenvalue weighted by Gasteiger charge is -2.15. The molecule has 5 heteroatoms. The number of nitrogens with zero attached hydrogens (tertiary/aromatic N) is 2. The average molecular weight is 295 g/mol. The first-order chi connectivity index (χ1) is 9.67. The van der Waals surface area contributed by atoms with Crippen LogP contribution in [0, 0.1) is 0 Å². The summed E-state index contributed by atoms with van der Waals surface area (Å²) in [5.41, 5.74) is 1.36. The summed E-state index contributed by atoms with van der Waals surface area (Å²) >= 11 is 6.12. The normalized spacial score (nSPS) is 12.4. The standard InChI is InChI=1S/C15H19ClN2O2/c1-3-8-20-12-7-5-6-11(9-12)15(19)14-13(16)10-17-18(14)4-2/h5-7,9-10,15,19H,3-4,8H2,1-2H3. The molecule has 0 aliphatic carbocycles. The molecule has 0 aliphatic heterocycles. The maximum Gasteiger partial charge on any atom is 0.122 e. The molecule has 0 spiro atoms. The smallest absolute Gasteiger partial charge is 0.122 e. The van der Waals surface area contributed by atoms with Gasteiger partial charge in [-0.2, -0.15) is 5.10 Å². The largest absolute Gasteiger partial charge is 0.494 e. The van der Waals surface area contributed by atoms with E-state index in [2.05, 4.69) is 12.0 Å². The molecule has 1 unspecified atom stereocenters. The summed E-state index contributed by atoms with van der Waals surface area (Å²) in [6.07, 6.45) is 1.69. The molecule has 1 aromatic heterocycles. The highest BCUT2D eigenvalue weighted by Crippen LogP contribution is 2.29. The van der Waals surface area contributed by atoms with Gasteiger partial charge in [-0.3, -0.25) is 4.68 Å².